The van der Waals surface area contributed by atoms with Crippen LogP contribution in [0.4, 0.5) is 5.69 Å². The number of furan rings is 1. The van der Waals surface area contributed by atoms with E-state index in [1.807, 2.05) is 62.4 Å². The molecule has 0 aliphatic heterocycles. The molecule has 0 aliphatic rings. The van der Waals surface area contributed by atoms with Gasteiger partial charge in [-0.3, -0.25) is 4.79 Å². The Balaban J connectivity index is 1.76. The van der Waals surface area contributed by atoms with Gasteiger partial charge in [0.15, 0.2) is 0 Å². The third-order valence-corrected chi connectivity index (χ3v) is 5.76. The van der Waals surface area contributed by atoms with Crippen molar-refractivity contribution in [3.05, 3.63) is 89.7 Å². The van der Waals surface area contributed by atoms with E-state index in [1.165, 1.54) is 0 Å². The van der Waals surface area contributed by atoms with Crippen LogP contribution in [-0.2, 0) is 11.2 Å². The Morgan fingerprint density at radius 2 is 1.81 bits per heavy atom. The number of carbonyl (C=O) groups is 1. The number of benzene rings is 3. The quantitative estimate of drug-likeness (QED) is 0.338. The summed E-state index contributed by atoms with van der Waals surface area (Å²) < 4.78 is 11.6. The average Bonchev–Trinajstić information content (AvgIpc) is 3.24. The summed E-state index contributed by atoms with van der Waals surface area (Å²) in [6, 6.07) is 20.0. The molecule has 4 nitrogen and oxygen atoms in total. The minimum atomic E-state index is -0.168. The lowest BCUT2D eigenvalue weighted by molar-refractivity contribution is -0.111. The van der Waals surface area contributed by atoms with E-state index in [0.717, 1.165) is 56.5 Å². The molecule has 0 unspecified atom stereocenters. The highest BCUT2D eigenvalue weighted by molar-refractivity contribution is 6.06. The van der Waals surface area contributed by atoms with Crippen molar-refractivity contribution in [1.29, 1.82) is 0 Å². The fraction of sp³-hybridized carbons (Fsp3) is 0.179. The fourth-order valence-corrected chi connectivity index (χ4v) is 4.11. The van der Waals surface area contributed by atoms with Crippen LogP contribution in [0.3, 0.4) is 0 Å². The molecule has 1 heterocycles. The number of hydrogen-bond acceptors (Lipinski definition) is 3. The molecule has 0 radical (unpaired) electrons. The second-order valence-electron chi connectivity index (χ2n) is 7.80. The lowest BCUT2D eigenvalue weighted by Gasteiger charge is -2.14. The maximum absolute atomic E-state index is 12.8. The Bertz CT molecular complexity index is 1300. The maximum Gasteiger partial charge on any atom is 0.248 e. The van der Waals surface area contributed by atoms with Gasteiger partial charge in [-0.25, -0.2) is 0 Å². The van der Waals surface area contributed by atoms with Crippen molar-refractivity contribution in [3.8, 4) is 16.9 Å². The molecule has 1 N–H and O–H groups in total. The van der Waals surface area contributed by atoms with Gasteiger partial charge >= 0.3 is 0 Å². The van der Waals surface area contributed by atoms with Crippen LogP contribution in [0.1, 0.15) is 30.5 Å². The maximum atomic E-state index is 12.8. The zero-order valence-corrected chi connectivity index (χ0v) is 18.9. The van der Waals surface area contributed by atoms with Crippen molar-refractivity contribution in [2.24, 2.45) is 0 Å². The van der Waals surface area contributed by atoms with Gasteiger partial charge in [-0.1, -0.05) is 55.5 Å². The molecular weight excluding hydrogens is 398 g/mol. The molecule has 0 saturated carbocycles. The van der Waals surface area contributed by atoms with Gasteiger partial charge in [0, 0.05) is 33.8 Å². The number of amides is 1. The molecule has 0 fully saturated rings. The number of carbonyl (C=O) groups excluding carboxylic acids is 1. The smallest absolute Gasteiger partial charge is 0.248 e. The topological polar surface area (TPSA) is 51.5 Å². The summed E-state index contributed by atoms with van der Waals surface area (Å²) >= 11 is 0. The minimum absolute atomic E-state index is 0.168. The average molecular weight is 426 g/mol. The van der Waals surface area contributed by atoms with Crippen LogP contribution in [0.25, 0.3) is 27.7 Å². The first-order valence-corrected chi connectivity index (χ1v) is 10.7. The Hall–Kier alpha value is -3.79. The van der Waals surface area contributed by atoms with Gasteiger partial charge in [0.2, 0.25) is 5.91 Å². The van der Waals surface area contributed by atoms with E-state index in [2.05, 4.69) is 24.4 Å². The van der Waals surface area contributed by atoms with Gasteiger partial charge in [0.05, 0.1) is 13.4 Å². The SMILES string of the molecule is CCc1ccccc1NC(=O)/C=C(\C)c1cc2c(-c3ccccc3)coc2c(C)c1OC. The Morgan fingerprint density at radius 3 is 2.53 bits per heavy atom. The third-order valence-electron chi connectivity index (χ3n) is 5.76. The molecule has 4 rings (SSSR count). The number of hydrogen-bond donors (Lipinski definition) is 1. The third kappa shape index (κ3) is 4.04. The summed E-state index contributed by atoms with van der Waals surface area (Å²) in [6.07, 6.45) is 4.26. The summed E-state index contributed by atoms with van der Waals surface area (Å²) in [5, 5.41) is 4.00. The Morgan fingerprint density at radius 1 is 1.09 bits per heavy atom. The zero-order valence-electron chi connectivity index (χ0n) is 18.9. The van der Waals surface area contributed by atoms with Gasteiger partial charge in [-0.05, 0) is 49.1 Å². The fourth-order valence-electron chi connectivity index (χ4n) is 4.11. The zero-order chi connectivity index (χ0) is 22.7. The highest BCUT2D eigenvalue weighted by Crippen LogP contribution is 2.40. The van der Waals surface area contributed by atoms with Crippen molar-refractivity contribution in [2.45, 2.75) is 27.2 Å². The first-order valence-electron chi connectivity index (χ1n) is 10.7. The van der Waals surface area contributed by atoms with Crippen molar-refractivity contribution in [3.63, 3.8) is 0 Å². The summed E-state index contributed by atoms with van der Waals surface area (Å²) in [5.74, 6) is 0.542. The van der Waals surface area contributed by atoms with Gasteiger partial charge in [-0.2, -0.15) is 0 Å². The van der Waals surface area contributed by atoms with E-state index in [0.29, 0.717) is 5.75 Å². The predicted molar refractivity (Wildman–Crippen MR) is 131 cm³/mol. The number of methoxy groups -OCH3 is 1. The van der Waals surface area contributed by atoms with Crippen LogP contribution in [0.5, 0.6) is 5.75 Å². The van der Waals surface area contributed by atoms with E-state index >= 15 is 0 Å². The largest absolute Gasteiger partial charge is 0.496 e. The van der Waals surface area contributed by atoms with Crippen molar-refractivity contribution < 1.29 is 13.9 Å². The molecule has 0 atom stereocenters. The van der Waals surface area contributed by atoms with Crippen LogP contribution < -0.4 is 10.1 Å². The highest BCUT2D eigenvalue weighted by atomic mass is 16.5. The van der Waals surface area contributed by atoms with Gasteiger partial charge in [0.25, 0.3) is 0 Å². The number of nitrogens with one attached hydrogen (secondary N) is 1. The number of allylic oxidation sites excluding steroid dienone is 1. The van der Waals surface area contributed by atoms with Crippen LogP contribution in [-0.4, -0.2) is 13.0 Å². The molecular formula is C28H27NO3. The normalized spacial score (nSPS) is 11.6. The number of ether oxygens (including phenoxy) is 1. The molecule has 0 spiro atoms. The number of anilines is 1. The predicted octanol–water partition coefficient (Wildman–Crippen LogP) is 7.02. The standard InChI is InChI=1S/C28H27NO3/c1-5-20-11-9-10-14-25(20)29-26(30)15-18(2)22-16-23-24(21-12-7-6-8-13-21)17-32-28(23)19(3)27(22)31-4/h6-17H,5H2,1-4H3,(H,29,30)/b18-15+. The van der Waals surface area contributed by atoms with Crippen LogP contribution in [0.15, 0.2) is 77.4 Å². The molecule has 3 aromatic carbocycles. The first-order chi connectivity index (χ1) is 15.5. The summed E-state index contributed by atoms with van der Waals surface area (Å²) in [6.45, 7) is 5.98. The van der Waals surface area contributed by atoms with E-state index in [4.69, 9.17) is 9.15 Å². The molecule has 162 valence electrons. The Labute approximate surface area is 188 Å². The number of fused-ring (bicyclic) bond motifs is 1. The van der Waals surface area contributed by atoms with Crippen molar-refractivity contribution in [2.75, 3.05) is 12.4 Å². The molecule has 1 amide bonds. The molecule has 4 aromatic rings. The summed E-state index contributed by atoms with van der Waals surface area (Å²) in [4.78, 5) is 12.8. The number of rotatable bonds is 6. The summed E-state index contributed by atoms with van der Waals surface area (Å²) in [5.41, 5.74) is 7.43. The van der Waals surface area contributed by atoms with E-state index in [9.17, 15) is 4.79 Å². The molecule has 0 aliphatic carbocycles. The lowest BCUT2D eigenvalue weighted by Crippen LogP contribution is -2.10. The van der Waals surface area contributed by atoms with Gasteiger partial charge in [-0.15, -0.1) is 0 Å². The molecule has 1 aromatic heterocycles. The van der Waals surface area contributed by atoms with E-state index in [1.54, 1.807) is 19.4 Å². The molecule has 32 heavy (non-hydrogen) atoms. The Kier molecular flexibility index (Phi) is 6.13. The summed E-state index contributed by atoms with van der Waals surface area (Å²) in [7, 11) is 1.64. The van der Waals surface area contributed by atoms with Crippen molar-refractivity contribution in [1.82, 2.24) is 0 Å². The van der Waals surface area contributed by atoms with Crippen LogP contribution in [0.2, 0.25) is 0 Å². The van der Waals surface area contributed by atoms with E-state index in [-0.39, 0.29) is 5.91 Å². The lowest BCUT2D eigenvalue weighted by atomic mass is 9.96. The second kappa shape index (κ2) is 9.15. The first kappa shape index (κ1) is 21.4. The number of para-hydroxylation sites is 1. The highest BCUT2D eigenvalue weighted by Gasteiger charge is 2.18. The monoisotopic (exact) mass is 425 g/mol. The molecule has 0 saturated heterocycles. The minimum Gasteiger partial charge on any atom is -0.496 e. The van der Waals surface area contributed by atoms with Gasteiger partial charge < -0.3 is 14.5 Å². The second-order valence-corrected chi connectivity index (χ2v) is 7.80. The van der Waals surface area contributed by atoms with E-state index < -0.39 is 0 Å². The van der Waals surface area contributed by atoms with Crippen LogP contribution in [0, 0.1) is 6.92 Å². The molecule has 0 bridgehead atoms. The van der Waals surface area contributed by atoms with Crippen LogP contribution >= 0.6 is 0 Å². The number of aryl methyl sites for hydroxylation is 2. The molecule has 4 heteroatoms. The van der Waals surface area contributed by atoms with Gasteiger partial charge in [0.1, 0.15) is 11.3 Å². The van der Waals surface area contributed by atoms with Crippen molar-refractivity contribution >= 4 is 28.1 Å².